The third-order valence-corrected chi connectivity index (χ3v) is 10.5. The summed E-state index contributed by atoms with van der Waals surface area (Å²) in [5, 5.41) is 12.5. The highest BCUT2D eigenvalue weighted by Crippen LogP contribution is 2.43. The van der Waals surface area contributed by atoms with Gasteiger partial charge in [-0.3, -0.25) is 4.79 Å². The van der Waals surface area contributed by atoms with Gasteiger partial charge in [0.2, 0.25) is 16.3 Å². The van der Waals surface area contributed by atoms with E-state index >= 15 is 0 Å². The van der Waals surface area contributed by atoms with Gasteiger partial charge in [0, 0.05) is 32.0 Å². The Bertz CT molecular complexity index is 1900. The molecule has 1 amide bonds. The molecule has 4 aromatic rings. The Morgan fingerprint density at radius 1 is 0.979 bits per heavy atom. The minimum Gasteiger partial charge on any atom is -0.497 e. The standard InChI is InChI=1S/C37H37FN2O7S/c1-45-29-13-15-30(16-14-29)48(43,44)40(17-19-41)18-20-46-36-23-27(22-35(47-36)37(42)39-24-25-9-11-28(38)12-10-25)32-7-4-8-33-31-6-3-2-5-26(31)21-34(32)33/h2-16,22,27,36,41H,17-21,23-24H2,1H3,(H,39,42)/t27-,36+/m0/s1. The lowest BCUT2D eigenvalue weighted by Gasteiger charge is -2.31. The first-order chi connectivity index (χ1) is 23.3. The summed E-state index contributed by atoms with van der Waals surface area (Å²) in [6.45, 7) is -0.425. The molecule has 0 radical (unpaired) electrons. The quantitative estimate of drug-likeness (QED) is 0.178. The number of halogens is 1. The van der Waals surface area contributed by atoms with Crippen molar-refractivity contribution in [1.29, 1.82) is 0 Å². The lowest BCUT2D eigenvalue weighted by Crippen LogP contribution is -2.38. The molecule has 2 aliphatic rings. The normalized spacial score (nSPS) is 16.9. The van der Waals surface area contributed by atoms with Gasteiger partial charge in [-0.15, -0.1) is 0 Å². The molecule has 6 rings (SSSR count). The van der Waals surface area contributed by atoms with Crippen molar-refractivity contribution in [1.82, 2.24) is 9.62 Å². The number of allylic oxidation sites excluding steroid dienone is 1. The van der Waals surface area contributed by atoms with Crippen molar-refractivity contribution in [2.75, 3.05) is 33.4 Å². The molecule has 0 saturated carbocycles. The fourth-order valence-corrected chi connectivity index (χ4v) is 7.60. The summed E-state index contributed by atoms with van der Waals surface area (Å²) in [5.41, 5.74) is 6.57. The number of rotatable bonds is 13. The van der Waals surface area contributed by atoms with E-state index in [2.05, 4.69) is 29.6 Å². The number of ether oxygens (including phenoxy) is 3. The third kappa shape index (κ3) is 7.29. The van der Waals surface area contributed by atoms with Crippen molar-refractivity contribution in [3.63, 3.8) is 0 Å². The number of sulfonamides is 1. The van der Waals surface area contributed by atoms with Gasteiger partial charge in [-0.05, 0) is 82.3 Å². The SMILES string of the molecule is COc1ccc(S(=O)(=O)N(CCO)CCO[C@H]2C[C@@H](c3cccc4c3Cc3ccccc3-4)C=C(C(=O)NCc3ccc(F)cc3)O2)cc1. The van der Waals surface area contributed by atoms with Crippen molar-refractivity contribution >= 4 is 15.9 Å². The van der Waals surface area contributed by atoms with E-state index in [4.69, 9.17) is 14.2 Å². The summed E-state index contributed by atoms with van der Waals surface area (Å²) in [7, 11) is -2.44. The number of benzene rings is 4. The van der Waals surface area contributed by atoms with Gasteiger partial charge in [0.25, 0.3) is 5.91 Å². The second-order valence-electron chi connectivity index (χ2n) is 11.6. The highest BCUT2D eigenvalue weighted by Gasteiger charge is 2.32. The van der Waals surface area contributed by atoms with Gasteiger partial charge in [-0.1, -0.05) is 54.6 Å². The number of nitrogens with zero attached hydrogens (tertiary/aromatic N) is 1. The van der Waals surface area contributed by atoms with Crippen molar-refractivity contribution in [3.8, 4) is 16.9 Å². The number of aliphatic hydroxyl groups excluding tert-OH is 1. The Morgan fingerprint density at radius 3 is 2.48 bits per heavy atom. The molecule has 4 aromatic carbocycles. The van der Waals surface area contributed by atoms with Gasteiger partial charge in [0.05, 0.1) is 25.2 Å². The molecule has 0 bridgehead atoms. The molecule has 48 heavy (non-hydrogen) atoms. The van der Waals surface area contributed by atoms with Crippen LogP contribution in [0, 0.1) is 5.82 Å². The van der Waals surface area contributed by atoms with Crippen molar-refractivity contribution in [3.05, 3.63) is 131 Å². The Balaban J connectivity index is 1.21. The zero-order chi connectivity index (χ0) is 33.7. The summed E-state index contributed by atoms with van der Waals surface area (Å²) >= 11 is 0. The van der Waals surface area contributed by atoms with Crippen molar-refractivity contribution in [2.45, 2.75) is 36.5 Å². The minimum atomic E-state index is -3.94. The molecule has 2 atom stereocenters. The van der Waals surface area contributed by atoms with Crippen LogP contribution in [0.15, 0.2) is 108 Å². The number of amides is 1. The van der Waals surface area contributed by atoms with Crippen molar-refractivity contribution in [2.24, 2.45) is 0 Å². The number of hydrogen-bond acceptors (Lipinski definition) is 7. The highest BCUT2D eigenvalue weighted by atomic mass is 32.2. The molecule has 0 unspecified atom stereocenters. The van der Waals surface area contributed by atoms with Gasteiger partial charge >= 0.3 is 0 Å². The van der Waals surface area contributed by atoms with Crippen LogP contribution in [0.4, 0.5) is 4.39 Å². The van der Waals surface area contributed by atoms with E-state index in [1.807, 2.05) is 24.3 Å². The van der Waals surface area contributed by atoms with E-state index < -0.39 is 22.2 Å². The molecule has 2 N–H and O–H groups in total. The fourth-order valence-electron chi connectivity index (χ4n) is 6.18. The zero-order valence-electron chi connectivity index (χ0n) is 26.5. The van der Waals surface area contributed by atoms with Gasteiger partial charge in [-0.2, -0.15) is 4.31 Å². The largest absolute Gasteiger partial charge is 0.497 e. The molecule has 11 heteroatoms. The monoisotopic (exact) mass is 672 g/mol. The first-order valence-electron chi connectivity index (χ1n) is 15.7. The van der Waals surface area contributed by atoms with E-state index in [0.29, 0.717) is 12.2 Å². The van der Waals surface area contributed by atoms with Gasteiger partial charge in [-0.25, -0.2) is 12.8 Å². The number of carbonyl (C=O) groups is 1. The topological polar surface area (TPSA) is 114 Å². The van der Waals surface area contributed by atoms with E-state index in [1.165, 1.54) is 48.1 Å². The summed E-state index contributed by atoms with van der Waals surface area (Å²) in [4.78, 5) is 13.5. The zero-order valence-corrected chi connectivity index (χ0v) is 27.3. The number of hydrogen-bond donors (Lipinski definition) is 2. The van der Waals surface area contributed by atoms with E-state index in [-0.39, 0.29) is 55.2 Å². The first-order valence-corrected chi connectivity index (χ1v) is 17.2. The van der Waals surface area contributed by atoms with Gasteiger partial charge < -0.3 is 24.6 Å². The lowest BCUT2D eigenvalue weighted by atomic mass is 9.87. The van der Waals surface area contributed by atoms with Gasteiger partial charge in [0.15, 0.2) is 5.76 Å². The molecular weight excluding hydrogens is 635 g/mol. The Labute approximate surface area is 279 Å². The van der Waals surface area contributed by atoms with Crippen LogP contribution in [0.3, 0.4) is 0 Å². The molecule has 1 heterocycles. The number of methoxy groups -OCH3 is 1. The molecular formula is C37H37FN2O7S. The van der Waals surface area contributed by atoms with Crippen LogP contribution in [0.5, 0.6) is 5.75 Å². The second-order valence-corrected chi connectivity index (χ2v) is 13.5. The molecule has 250 valence electrons. The Morgan fingerprint density at radius 2 is 1.73 bits per heavy atom. The van der Waals surface area contributed by atoms with Crippen molar-refractivity contribution < 1.29 is 36.9 Å². The van der Waals surface area contributed by atoms with E-state index in [0.717, 1.165) is 27.4 Å². The van der Waals surface area contributed by atoms with Crippen LogP contribution in [-0.4, -0.2) is 63.4 Å². The van der Waals surface area contributed by atoms with Crippen LogP contribution >= 0.6 is 0 Å². The molecule has 0 spiro atoms. The van der Waals surface area contributed by atoms with Crippen LogP contribution in [0.25, 0.3) is 11.1 Å². The first kappa shape index (κ1) is 33.4. The molecule has 0 saturated heterocycles. The Kier molecular flexibility index (Phi) is 10.2. The summed E-state index contributed by atoms with van der Waals surface area (Å²) in [6, 6.07) is 26.4. The smallest absolute Gasteiger partial charge is 0.286 e. The summed E-state index contributed by atoms with van der Waals surface area (Å²) < 4.78 is 58.7. The molecule has 1 aliphatic heterocycles. The van der Waals surface area contributed by atoms with Gasteiger partial charge in [0.1, 0.15) is 11.6 Å². The van der Waals surface area contributed by atoms with Crippen LogP contribution in [0.1, 0.15) is 34.6 Å². The van der Waals surface area contributed by atoms with Crippen LogP contribution in [-0.2, 0) is 37.3 Å². The number of fused-ring (bicyclic) bond motifs is 3. The lowest BCUT2D eigenvalue weighted by molar-refractivity contribution is -0.146. The van der Waals surface area contributed by atoms with Crippen LogP contribution in [0.2, 0.25) is 0 Å². The summed E-state index contributed by atoms with van der Waals surface area (Å²) in [6.07, 6.45) is 2.12. The highest BCUT2D eigenvalue weighted by molar-refractivity contribution is 7.89. The maximum atomic E-state index is 13.4. The molecule has 0 fully saturated rings. The molecule has 1 aliphatic carbocycles. The maximum absolute atomic E-state index is 13.4. The second kappa shape index (κ2) is 14.7. The minimum absolute atomic E-state index is 0.0460. The number of carbonyl (C=O) groups excluding carboxylic acids is 1. The third-order valence-electron chi connectivity index (χ3n) is 8.63. The van der Waals surface area contributed by atoms with E-state index in [9.17, 15) is 22.7 Å². The fraction of sp³-hybridized carbons (Fsp3) is 0.270. The number of nitrogens with one attached hydrogen (secondary N) is 1. The Hall–Kier alpha value is -4.55. The van der Waals surface area contributed by atoms with Crippen LogP contribution < -0.4 is 10.1 Å². The molecule has 0 aromatic heterocycles. The average Bonchev–Trinajstić information content (AvgIpc) is 3.50. The predicted molar refractivity (Wildman–Crippen MR) is 178 cm³/mol. The maximum Gasteiger partial charge on any atom is 0.286 e. The number of aliphatic hydroxyl groups is 1. The molecule has 9 nitrogen and oxygen atoms in total. The summed E-state index contributed by atoms with van der Waals surface area (Å²) in [5.74, 6) is -0.426. The average molecular weight is 673 g/mol. The van der Waals surface area contributed by atoms with E-state index in [1.54, 1.807) is 24.3 Å². The predicted octanol–water partition coefficient (Wildman–Crippen LogP) is 5.14.